The lowest BCUT2D eigenvalue weighted by Gasteiger charge is -2.19. The molecule has 0 atom stereocenters. The zero-order valence-electron chi connectivity index (χ0n) is 37.1. The number of para-hydroxylation sites is 1. The Morgan fingerprint density at radius 2 is 0.778 bits per heavy atom. The Bertz CT molecular complexity index is 3630. The molecule has 290 valence electrons. The summed E-state index contributed by atoms with van der Waals surface area (Å²) in [6.45, 7) is 0. The fraction of sp³-hybridized carbons (Fsp3) is 0. The summed E-state index contributed by atoms with van der Waals surface area (Å²) in [6.07, 6.45) is 0. The van der Waals surface area contributed by atoms with Gasteiger partial charge in [0.2, 0.25) is 0 Å². The molecule has 0 aliphatic carbocycles. The van der Waals surface area contributed by atoms with Crippen molar-refractivity contribution in [3.8, 4) is 55.9 Å². The third kappa shape index (κ3) is 6.04. The van der Waals surface area contributed by atoms with Crippen molar-refractivity contribution < 1.29 is 0 Å². The van der Waals surface area contributed by atoms with E-state index >= 15 is 0 Å². The zero-order valence-corrected chi connectivity index (χ0v) is 37.1. The molecule has 0 amide bonds. The summed E-state index contributed by atoms with van der Waals surface area (Å²) in [7, 11) is 16.3. The average molecular weight is 796 g/mol. The maximum Gasteiger partial charge on any atom is 0.141 e. The Morgan fingerprint density at radius 3 is 1.38 bits per heavy atom. The second-order valence-electron chi connectivity index (χ2n) is 17.5. The fourth-order valence-corrected chi connectivity index (χ4v) is 10.7. The van der Waals surface area contributed by atoms with Gasteiger partial charge in [0.05, 0.1) is 11.0 Å². The molecular formula is C54H43B7N2. The van der Waals surface area contributed by atoms with E-state index in [0.29, 0.717) is 0 Å². The normalized spacial score (nSPS) is 11.6. The Labute approximate surface area is 375 Å². The predicted octanol–water partition coefficient (Wildman–Crippen LogP) is 2.36. The van der Waals surface area contributed by atoms with Crippen LogP contribution in [0.15, 0.2) is 176 Å². The molecule has 0 saturated carbocycles. The minimum Gasteiger partial charge on any atom is -0.310 e. The molecule has 11 rings (SSSR count). The zero-order chi connectivity index (χ0) is 43.1. The molecule has 0 aliphatic rings. The Balaban J connectivity index is 1.20. The van der Waals surface area contributed by atoms with E-state index in [1.807, 2.05) is 0 Å². The fourth-order valence-electron chi connectivity index (χ4n) is 10.7. The van der Waals surface area contributed by atoms with E-state index < -0.39 is 0 Å². The van der Waals surface area contributed by atoms with Crippen LogP contribution in [0.3, 0.4) is 0 Å². The van der Waals surface area contributed by atoms with Gasteiger partial charge in [-0.3, -0.25) is 0 Å². The summed E-state index contributed by atoms with van der Waals surface area (Å²) >= 11 is 0. The molecule has 2 aromatic heterocycles. The van der Waals surface area contributed by atoms with E-state index in [4.69, 9.17) is 0 Å². The number of rotatable bonds is 6. The molecule has 0 N–H and O–H groups in total. The van der Waals surface area contributed by atoms with E-state index in [-0.39, 0.29) is 0 Å². The van der Waals surface area contributed by atoms with Crippen molar-refractivity contribution in [2.45, 2.75) is 0 Å². The van der Waals surface area contributed by atoms with Crippen LogP contribution in [-0.4, -0.2) is 64.1 Å². The van der Waals surface area contributed by atoms with E-state index in [0.717, 1.165) is 5.69 Å². The minimum atomic E-state index is 1.15. The van der Waals surface area contributed by atoms with Gasteiger partial charge in [0.15, 0.2) is 0 Å². The number of hydrogen-bond acceptors (Lipinski definition) is 0. The summed E-state index contributed by atoms with van der Waals surface area (Å²) < 4.78 is 5.07. The lowest BCUT2D eigenvalue weighted by Crippen LogP contribution is -2.48. The molecule has 9 heteroatoms. The standard InChI is InChI=1S/C54H43B7N2/c55-45-42(46(56)50(60)53-43(45)44-47(57)48(58)49(59)51(61)54(44)63(53)37-22-11-20-34(28-37)31-15-6-2-7-16-31)35-25-26-41-40(29-35)39-24-12-23-38(32-17-8-3-9-18-32)52(39)62(41)36-21-10-19-33(27-36)30-13-4-1-5-14-30/h1-29H,55-61H2. The highest BCUT2D eigenvalue weighted by atomic mass is 15.0. The number of nitrogens with zero attached hydrogens (tertiary/aromatic N) is 2. The van der Waals surface area contributed by atoms with E-state index in [1.54, 1.807) is 0 Å². The van der Waals surface area contributed by atoms with Gasteiger partial charge in [0.1, 0.15) is 54.9 Å². The van der Waals surface area contributed by atoms with Crippen molar-refractivity contribution in [3.05, 3.63) is 176 Å². The number of fused-ring (bicyclic) bond motifs is 6. The van der Waals surface area contributed by atoms with Gasteiger partial charge in [-0.2, -0.15) is 0 Å². The molecule has 0 radical (unpaired) electrons. The van der Waals surface area contributed by atoms with Crippen LogP contribution >= 0.6 is 0 Å². The van der Waals surface area contributed by atoms with Gasteiger partial charge in [-0.1, -0.05) is 172 Å². The molecule has 0 spiro atoms. The first-order valence-electron chi connectivity index (χ1n) is 22.2. The molecular weight excluding hydrogens is 752 g/mol. The molecule has 2 nitrogen and oxygen atoms in total. The predicted molar refractivity (Wildman–Crippen MR) is 294 cm³/mol. The van der Waals surface area contributed by atoms with Crippen molar-refractivity contribution in [2.24, 2.45) is 0 Å². The highest BCUT2D eigenvalue weighted by molar-refractivity contribution is 6.69. The topological polar surface area (TPSA) is 9.86 Å². The van der Waals surface area contributed by atoms with Crippen LogP contribution in [0.5, 0.6) is 0 Å². The Morgan fingerprint density at radius 1 is 0.286 bits per heavy atom. The highest BCUT2D eigenvalue weighted by Gasteiger charge is 2.26. The molecule has 2 heterocycles. The summed E-state index contributed by atoms with van der Waals surface area (Å²) in [5, 5.41) is 5.21. The van der Waals surface area contributed by atoms with Gasteiger partial charge < -0.3 is 9.13 Å². The lowest BCUT2D eigenvalue weighted by molar-refractivity contribution is 1.18. The van der Waals surface area contributed by atoms with Gasteiger partial charge in [-0.15, -0.1) is 5.46 Å². The molecule has 0 aliphatic heterocycles. The van der Waals surface area contributed by atoms with E-state index in [2.05, 4.69) is 240 Å². The Kier molecular flexibility index (Phi) is 9.35. The second-order valence-corrected chi connectivity index (χ2v) is 17.5. The van der Waals surface area contributed by atoms with Gasteiger partial charge in [0.25, 0.3) is 0 Å². The van der Waals surface area contributed by atoms with Crippen LogP contribution in [-0.2, 0) is 0 Å². The van der Waals surface area contributed by atoms with Crippen LogP contribution in [0.1, 0.15) is 0 Å². The maximum absolute atomic E-state index is 2.58. The smallest absolute Gasteiger partial charge is 0.141 e. The average Bonchev–Trinajstić information content (AvgIpc) is 3.87. The largest absolute Gasteiger partial charge is 0.310 e. The van der Waals surface area contributed by atoms with Crippen LogP contribution in [0, 0.1) is 0 Å². The maximum atomic E-state index is 2.58. The van der Waals surface area contributed by atoms with E-state index in [1.165, 1.54) is 132 Å². The van der Waals surface area contributed by atoms with Crippen molar-refractivity contribution in [2.75, 3.05) is 0 Å². The van der Waals surface area contributed by atoms with Gasteiger partial charge in [-0.05, 0) is 80.7 Å². The molecule has 0 fully saturated rings. The number of hydrogen-bond donors (Lipinski definition) is 0. The van der Waals surface area contributed by atoms with Crippen molar-refractivity contribution >= 4 is 137 Å². The third-order valence-corrected chi connectivity index (χ3v) is 14.2. The van der Waals surface area contributed by atoms with Gasteiger partial charge in [0, 0.05) is 44.1 Å². The number of benzene rings is 9. The van der Waals surface area contributed by atoms with Crippen LogP contribution in [0.4, 0.5) is 0 Å². The quantitative estimate of drug-likeness (QED) is 0.229. The molecule has 9 aromatic carbocycles. The van der Waals surface area contributed by atoms with Crippen molar-refractivity contribution in [1.29, 1.82) is 0 Å². The number of aromatic nitrogens is 2. The monoisotopic (exact) mass is 796 g/mol. The first-order valence-corrected chi connectivity index (χ1v) is 22.2. The van der Waals surface area contributed by atoms with Crippen LogP contribution in [0.25, 0.3) is 99.5 Å². The third-order valence-electron chi connectivity index (χ3n) is 14.2. The molecule has 0 bridgehead atoms. The van der Waals surface area contributed by atoms with Crippen molar-refractivity contribution in [1.82, 2.24) is 9.13 Å². The minimum absolute atomic E-state index is 1.15. The summed E-state index contributed by atoms with van der Waals surface area (Å²) in [4.78, 5) is 0. The summed E-state index contributed by atoms with van der Waals surface area (Å²) in [5.41, 5.74) is 26.6. The van der Waals surface area contributed by atoms with Crippen molar-refractivity contribution in [3.63, 3.8) is 0 Å². The summed E-state index contributed by atoms with van der Waals surface area (Å²) in [6, 6.07) is 64.5. The Hall–Kier alpha value is -6.97. The second kappa shape index (κ2) is 15.1. The first kappa shape index (κ1) is 38.9. The molecule has 0 unspecified atom stereocenters. The van der Waals surface area contributed by atoms with Gasteiger partial charge in [-0.25, -0.2) is 0 Å². The lowest BCUT2D eigenvalue weighted by atomic mass is 9.64. The molecule has 11 aromatic rings. The van der Waals surface area contributed by atoms with Gasteiger partial charge >= 0.3 is 0 Å². The highest BCUT2D eigenvalue weighted by Crippen LogP contribution is 2.40. The van der Waals surface area contributed by atoms with Crippen LogP contribution < -0.4 is 38.2 Å². The van der Waals surface area contributed by atoms with E-state index in [9.17, 15) is 0 Å². The first-order chi connectivity index (χ1) is 30.7. The summed E-state index contributed by atoms with van der Waals surface area (Å²) in [5.74, 6) is 0. The SMILES string of the molecule is Bc1c(B)c(B)c2c(c1B)c1c(B)c(-c3ccc4c(c3)c3cccc(-c5ccccc5)c3n4-c3cccc(-c4ccccc4)c3)c(B)c(B)c1n2-c1cccc(-c2ccccc2)c1. The molecule has 0 saturated heterocycles. The molecule has 63 heavy (non-hydrogen) atoms. The van der Waals surface area contributed by atoms with Crippen LogP contribution in [0.2, 0.25) is 0 Å².